The van der Waals surface area contributed by atoms with Crippen molar-refractivity contribution in [2.45, 2.75) is 44.9 Å². The number of aromatic nitrogens is 1. The number of benzene rings is 1. The lowest BCUT2D eigenvalue weighted by atomic mass is 9.99. The molecule has 0 spiro atoms. The second-order valence-electron chi connectivity index (χ2n) is 5.60. The summed E-state index contributed by atoms with van der Waals surface area (Å²) in [5, 5.41) is 8.21. The number of halogens is 1. The van der Waals surface area contributed by atoms with Crippen molar-refractivity contribution in [1.82, 2.24) is 4.98 Å². The Morgan fingerprint density at radius 1 is 1.00 bits per heavy atom. The number of rotatable bonds is 3. The van der Waals surface area contributed by atoms with Crippen molar-refractivity contribution in [2.24, 2.45) is 5.10 Å². The maximum atomic E-state index is 5.92. The Hall–Kier alpha value is -1.39. The molecule has 0 saturated heterocycles. The highest BCUT2D eigenvalue weighted by Gasteiger charge is 2.07. The van der Waals surface area contributed by atoms with Crippen LogP contribution in [0, 0.1) is 0 Å². The summed E-state index contributed by atoms with van der Waals surface area (Å²) in [6.45, 7) is 0. The van der Waals surface area contributed by atoms with E-state index < -0.39 is 0 Å². The van der Waals surface area contributed by atoms with E-state index in [1.165, 1.54) is 37.8 Å². The van der Waals surface area contributed by atoms with E-state index in [0.717, 1.165) is 34.3 Å². The lowest BCUT2D eigenvalue weighted by molar-refractivity contribution is 0.606. The van der Waals surface area contributed by atoms with Crippen LogP contribution in [0.4, 0.5) is 5.13 Å². The maximum absolute atomic E-state index is 5.92. The first-order valence-electron chi connectivity index (χ1n) is 7.84. The fourth-order valence-corrected chi connectivity index (χ4v) is 3.42. The summed E-state index contributed by atoms with van der Waals surface area (Å²) in [5.74, 6) is 0. The first-order chi connectivity index (χ1) is 10.8. The quantitative estimate of drug-likeness (QED) is 0.702. The highest BCUT2D eigenvalue weighted by atomic mass is 35.5. The second kappa shape index (κ2) is 7.75. The summed E-state index contributed by atoms with van der Waals surface area (Å²) < 4.78 is 0. The van der Waals surface area contributed by atoms with Gasteiger partial charge in [-0.25, -0.2) is 4.98 Å². The molecule has 1 saturated carbocycles. The molecule has 0 atom stereocenters. The minimum Gasteiger partial charge on any atom is -0.253 e. The molecule has 0 unspecified atom stereocenters. The van der Waals surface area contributed by atoms with Crippen LogP contribution in [-0.2, 0) is 0 Å². The number of thiazole rings is 1. The van der Waals surface area contributed by atoms with E-state index in [-0.39, 0.29) is 0 Å². The van der Waals surface area contributed by atoms with Gasteiger partial charge in [0.05, 0.1) is 5.69 Å². The monoisotopic (exact) mass is 333 g/mol. The van der Waals surface area contributed by atoms with Gasteiger partial charge >= 0.3 is 0 Å². The van der Waals surface area contributed by atoms with Crippen molar-refractivity contribution in [3.05, 3.63) is 34.7 Å². The fourth-order valence-electron chi connectivity index (χ4n) is 2.63. The molecule has 3 rings (SSSR count). The van der Waals surface area contributed by atoms with Gasteiger partial charge in [0.1, 0.15) is 0 Å². The van der Waals surface area contributed by atoms with Crippen LogP contribution in [0.2, 0.25) is 5.02 Å². The fraction of sp³-hybridized carbons (Fsp3) is 0.412. The molecular weight excluding hydrogens is 314 g/mol. The Balaban J connectivity index is 1.64. The Bertz CT molecular complexity index is 624. The third-order valence-corrected chi connectivity index (χ3v) is 4.88. The van der Waals surface area contributed by atoms with Gasteiger partial charge in [-0.2, -0.15) is 5.10 Å². The Morgan fingerprint density at radius 3 is 2.41 bits per heavy atom. The molecule has 1 heterocycles. The average Bonchev–Trinajstić information content (AvgIpc) is 2.96. The molecule has 3 nitrogen and oxygen atoms in total. The van der Waals surface area contributed by atoms with Gasteiger partial charge in [-0.05, 0) is 37.8 Å². The zero-order valence-corrected chi connectivity index (χ0v) is 14.1. The molecule has 1 aliphatic rings. The van der Waals surface area contributed by atoms with E-state index in [2.05, 4.69) is 15.5 Å². The van der Waals surface area contributed by atoms with Gasteiger partial charge in [0.15, 0.2) is 0 Å². The lowest BCUT2D eigenvalue weighted by Crippen LogP contribution is -2.05. The summed E-state index contributed by atoms with van der Waals surface area (Å²) >= 11 is 7.50. The van der Waals surface area contributed by atoms with E-state index in [0.29, 0.717) is 0 Å². The number of nitrogens with one attached hydrogen (secondary N) is 1. The van der Waals surface area contributed by atoms with Crippen molar-refractivity contribution < 1.29 is 0 Å². The summed E-state index contributed by atoms with van der Waals surface area (Å²) in [7, 11) is 0. The summed E-state index contributed by atoms with van der Waals surface area (Å²) in [6.07, 6.45) is 8.78. The van der Waals surface area contributed by atoms with E-state index in [1.807, 2.05) is 29.6 Å². The van der Waals surface area contributed by atoms with Gasteiger partial charge in [0, 0.05) is 21.7 Å². The van der Waals surface area contributed by atoms with Crippen LogP contribution in [0.15, 0.2) is 34.7 Å². The van der Waals surface area contributed by atoms with Crippen molar-refractivity contribution >= 4 is 33.8 Å². The topological polar surface area (TPSA) is 37.3 Å². The van der Waals surface area contributed by atoms with Crippen LogP contribution in [0.1, 0.15) is 44.9 Å². The van der Waals surface area contributed by atoms with Crippen molar-refractivity contribution in [1.29, 1.82) is 0 Å². The van der Waals surface area contributed by atoms with Gasteiger partial charge in [0.2, 0.25) is 5.13 Å². The number of hydrogen-bond acceptors (Lipinski definition) is 4. The predicted octanol–water partition coefficient (Wildman–Crippen LogP) is 5.98. The molecule has 0 amide bonds. The van der Waals surface area contributed by atoms with Gasteiger partial charge in [0.25, 0.3) is 0 Å². The second-order valence-corrected chi connectivity index (χ2v) is 6.90. The van der Waals surface area contributed by atoms with Gasteiger partial charge in [-0.15, -0.1) is 11.3 Å². The minimum atomic E-state index is 0.744. The highest BCUT2D eigenvalue weighted by molar-refractivity contribution is 7.14. The smallest absolute Gasteiger partial charge is 0.203 e. The minimum absolute atomic E-state index is 0.744. The molecule has 22 heavy (non-hydrogen) atoms. The number of nitrogens with zero attached hydrogens (tertiary/aromatic N) is 2. The SMILES string of the molecule is Clc1ccc(-c2csc(NN=C3CCCCCCC3)n2)cc1. The standard InChI is InChI=1S/C17H20ClN3S/c18-14-10-8-13(9-11-14)16-12-22-17(19-16)21-20-15-6-4-2-1-3-5-7-15/h8-12H,1-7H2,(H,19,21). The Morgan fingerprint density at radius 2 is 1.68 bits per heavy atom. The van der Waals surface area contributed by atoms with Gasteiger partial charge in [-0.3, -0.25) is 5.43 Å². The molecule has 1 aliphatic carbocycles. The number of anilines is 1. The molecular formula is C17H20ClN3S. The molecule has 1 aromatic carbocycles. The van der Waals surface area contributed by atoms with E-state index in [9.17, 15) is 0 Å². The number of hydrogen-bond donors (Lipinski definition) is 1. The molecule has 1 aromatic heterocycles. The molecule has 0 aliphatic heterocycles. The predicted molar refractivity (Wildman–Crippen MR) is 95.9 cm³/mol. The average molecular weight is 334 g/mol. The molecule has 0 radical (unpaired) electrons. The first kappa shape index (κ1) is 15.5. The highest BCUT2D eigenvalue weighted by Crippen LogP contribution is 2.26. The third kappa shape index (κ3) is 4.31. The largest absolute Gasteiger partial charge is 0.253 e. The Kier molecular flexibility index (Phi) is 5.46. The normalized spacial score (nSPS) is 16.0. The molecule has 5 heteroatoms. The maximum Gasteiger partial charge on any atom is 0.203 e. The van der Waals surface area contributed by atoms with Crippen LogP contribution in [0.25, 0.3) is 11.3 Å². The molecule has 1 N–H and O–H groups in total. The van der Waals surface area contributed by atoms with E-state index in [1.54, 1.807) is 11.3 Å². The van der Waals surface area contributed by atoms with Crippen LogP contribution in [0.3, 0.4) is 0 Å². The molecule has 1 fully saturated rings. The van der Waals surface area contributed by atoms with Gasteiger partial charge in [-0.1, -0.05) is 43.0 Å². The van der Waals surface area contributed by atoms with Crippen molar-refractivity contribution in [3.8, 4) is 11.3 Å². The van der Waals surface area contributed by atoms with Crippen LogP contribution >= 0.6 is 22.9 Å². The summed E-state index contributed by atoms with van der Waals surface area (Å²) in [6, 6.07) is 7.75. The summed E-state index contributed by atoms with van der Waals surface area (Å²) in [5.41, 5.74) is 6.45. The molecule has 116 valence electrons. The zero-order valence-electron chi connectivity index (χ0n) is 12.5. The van der Waals surface area contributed by atoms with E-state index >= 15 is 0 Å². The van der Waals surface area contributed by atoms with Gasteiger partial charge < -0.3 is 0 Å². The first-order valence-corrected chi connectivity index (χ1v) is 9.10. The van der Waals surface area contributed by atoms with Crippen LogP contribution in [0.5, 0.6) is 0 Å². The third-order valence-electron chi connectivity index (χ3n) is 3.88. The lowest BCUT2D eigenvalue weighted by Gasteiger charge is -2.10. The zero-order chi connectivity index (χ0) is 15.2. The van der Waals surface area contributed by atoms with Crippen LogP contribution < -0.4 is 5.43 Å². The molecule has 0 bridgehead atoms. The summed E-state index contributed by atoms with van der Waals surface area (Å²) in [4.78, 5) is 4.59. The van der Waals surface area contributed by atoms with Crippen molar-refractivity contribution in [2.75, 3.05) is 5.43 Å². The van der Waals surface area contributed by atoms with Crippen LogP contribution in [-0.4, -0.2) is 10.7 Å². The van der Waals surface area contributed by atoms with E-state index in [4.69, 9.17) is 11.6 Å². The van der Waals surface area contributed by atoms with Crippen molar-refractivity contribution in [3.63, 3.8) is 0 Å². The number of hydrazone groups is 1. The Labute approximate surface area is 140 Å². The molecule has 2 aromatic rings.